The van der Waals surface area contributed by atoms with Gasteiger partial charge in [0.2, 0.25) is 0 Å². The number of pyridine rings is 1. The van der Waals surface area contributed by atoms with E-state index in [0.717, 1.165) is 5.56 Å². The Morgan fingerprint density at radius 1 is 0.973 bits per heavy atom. The standard InChI is InChI=1S/C25H28N6O5S/c1-15-11-18(13-26-12-15)25-30-29-22(31(25)23-20(35-4)7-6-8-21(23)36-5)14-37(33,34)17(3)24(32)19-10-9-16(2)27-28-19/h6-13,17,24,32H,14H2,1-5H3/t17-,24+/m1/s1. The van der Waals surface area contributed by atoms with Crippen molar-refractivity contribution < 1.29 is 23.0 Å². The Morgan fingerprint density at radius 3 is 2.27 bits per heavy atom. The van der Waals surface area contributed by atoms with Gasteiger partial charge in [0.25, 0.3) is 0 Å². The summed E-state index contributed by atoms with van der Waals surface area (Å²) >= 11 is 0. The minimum atomic E-state index is -3.96. The molecule has 3 heterocycles. The summed E-state index contributed by atoms with van der Waals surface area (Å²) < 4.78 is 39.8. The normalized spacial score (nSPS) is 13.2. The Kier molecular flexibility index (Phi) is 7.50. The maximum absolute atomic E-state index is 13.5. The minimum Gasteiger partial charge on any atom is -0.494 e. The molecule has 0 aliphatic rings. The smallest absolute Gasteiger partial charge is 0.170 e. The molecule has 0 bridgehead atoms. The lowest BCUT2D eigenvalue weighted by atomic mass is 10.2. The molecule has 0 radical (unpaired) electrons. The highest BCUT2D eigenvalue weighted by atomic mass is 32.2. The van der Waals surface area contributed by atoms with E-state index in [1.807, 2.05) is 13.0 Å². The van der Waals surface area contributed by atoms with Gasteiger partial charge in [-0.25, -0.2) is 8.42 Å². The summed E-state index contributed by atoms with van der Waals surface area (Å²) in [7, 11) is -0.940. The first kappa shape index (κ1) is 26.2. The zero-order chi connectivity index (χ0) is 26.7. The molecule has 4 aromatic rings. The molecule has 0 unspecified atom stereocenters. The van der Waals surface area contributed by atoms with Crippen LogP contribution >= 0.6 is 0 Å². The highest BCUT2D eigenvalue weighted by Gasteiger charge is 2.33. The number of aliphatic hydroxyl groups is 1. The van der Waals surface area contributed by atoms with E-state index >= 15 is 0 Å². The number of aryl methyl sites for hydroxylation is 2. The number of aliphatic hydroxyl groups excluding tert-OH is 1. The predicted molar refractivity (Wildman–Crippen MR) is 136 cm³/mol. The number of ether oxygens (including phenoxy) is 2. The van der Waals surface area contributed by atoms with Crippen LogP contribution in [-0.2, 0) is 15.6 Å². The average molecular weight is 525 g/mol. The van der Waals surface area contributed by atoms with Gasteiger partial charge >= 0.3 is 0 Å². The lowest BCUT2D eigenvalue weighted by Gasteiger charge is -2.20. The van der Waals surface area contributed by atoms with E-state index in [1.165, 1.54) is 21.1 Å². The molecule has 37 heavy (non-hydrogen) atoms. The van der Waals surface area contributed by atoms with Crippen LogP contribution in [0.1, 0.15) is 35.8 Å². The number of hydrogen-bond acceptors (Lipinski definition) is 10. The first-order valence-electron chi connectivity index (χ1n) is 11.4. The van der Waals surface area contributed by atoms with Crippen LogP contribution in [0.2, 0.25) is 0 Å². The molecule has 1 N–H and O–H groups in total. The molecule has 0 aliphatic carbocycles. The summed E-state index contributed by atoms with van der Waals surface area (Å²) in [6.45, 7) is 5.07. The lowest BCUT2D eigenvalue weighted by molar-refractivity contribution is 0.170. The van der Waals surface area contributed by atoms with Crippen LogP contribution in [0.3, 0.4) is 0 Å². The second-order valence-electron chi connectivity index (χ2n) is 8.59. The van der Waals surface area contributed by atoms with Crippen molar-refractivity contribution in [3.05, 3.63) is 71.6 Å². The number of para-hydroxylation sites is 1. The second kappa shape index (κ2) is 10.6. The lowest BCUT2D eigenvalue weighted by Crippen LogP contribution is -2.28. The van der Waals surface area contributed by atoms with Crippen LogP contribution in [0, 0.1) is 13.8 Å². The van der Waals surface area contributed by atoms with Crippen LogP contribution in [-0.4, -0.2) is 62.9 Å². The largest absolute Gasteiger partial charge is 0.494 e. The summed E-state index contributed by atoms with van der Waals surface area (Å²) in [4.78, 5) is 4.25. The van der Waals surface area contributed by atoms with E-state index in [2.05, 4.69) is 25.4 Å². The second-order valence-corrected chi connectivity index (χ2v) is 11.0. The zero-order valence-corrected chi connectivity index (χ0v) is 22.0. The third-order valence-electron chi connectivity index (χ3n) is 5.95. The maximum Gasteiger partial charge on any atom is 0.170 e. The van der Waals surface area contributed by atoms with Gasteiger partial charge in [-0.2, -0.15) is 10.2 Å². The number of rotatable bonds is 9. The van der Waals surface area contributed by atoms with Crippen molar-refractivity contribution in [2.45, 2.75) is 37.9 Å². The highest BCUT2D eigenvalue weighted by molar-refractivity contribution is 7.91. The molecule has 0 aliphatic heterocycles. The van der Waals surface area contributed by atoms with Crippen molar-refractivity contribution in [1.29, 1.82) is 0 Å². The van der Waals surface area contributed by atoms with Gasteiger partial charge in [-0.05, 0) is 56.7 Å². The highest BCUT2D eigenvalue weighted by Crippen LogP contribution is 2.37. The molecule has 11 nitrogen and oxygen atoms in total. The molecule has 0 saturated carbocycles. The number of sulfone groups is 1. The fourth-order valence-corrected chi connectivity index (χ4v) is 5.22. The monoisotopic (exact) mass is 524 g/mol. The maximum atomic E-state index is 13.5. The molecular weight excluding hydrogens is 496 g/mol. The van der Waals surface area contributed by atoms with Gasteiger partial charge in [0, 0.05) is 18.0 Å². The molecule has 2 atom stereocenters. The van der Waals surface area contributed by atoms with Gasteiger partial charge < -0.3 is 14.6 Å². The number of aromatic nitrogens is 6. The Bertz CT molecular complexity index is 1480. The van der Waals surface area contributed by atoms with Crippen LogP contribution < -0.4 is 9.47 Å². The van der Waals surface area contributed by atoms with E-state index < -0.39 is 26.9 Å². The summed E-state index contributed by atoms with van der Waals surface area (Å²) in [5.74, 6) is 0.832. The van der Waals surface area contributed by atoms with Crippen molar-refractivity contribution in [1.82, 2.24) is 29.9 Å². The minimum absolute atomic E-state index is 0.119. The first-order valence-corrected chi connectivity index (χ1v) is 13.2. The average Bonchev–Trinajstić information content (AvgIpc) is 3.29. The fourth-order valence-electron chi connectivity index (χ4n) is 3.88. The van der Waals surface area contributed by atoms with Crippen molar-refractivity contribution in [2.24, 2.45) is 0 Å². The van der Waals surface area contributed by atoms with Crippen molar-refractivity contribution in [2.75, 3.05) is 14.2 Å². The van der Waals surface area contributed by atoms with Gasteiger partial charge in [-0.3, -0.25) is 9.55 Å². The summed E-state index contributed by atoms with van der Waals surface area (Å²) in [6, 6.07) is 10.3. The summed E-state index contributed by atoms with van der Waals surface area (Å²) in [6.07, 6.45) is 1.95. The quantitative estimate of drug-likeness (QED) is 0.347. The molecule has 0 amide bonds. The molecule has 1 aromatic carbocycles. The molecule has 194 valence electrons. The molecular formula is C25H28N6O5S. The van der Waals surface area contributed by atoms with Gasteiger partial charge in [0.15, 0.2) is 21.5 Å². The Morgan fingerprint density at radius 2 is 1.68 bits per heavy atom. The zero-order valence-electron chi connectivity index (χ0n) is 21.2. The molecule has 3 aromatic heterocycles. The van der Waals surface area contributed by atoms with E-state index in [9.17, 15) is 13.5 Å². The van der Waals surface area contributed by atoms with Gasteiger partial charge in [-0.1, -0.05) is 6.07 Å². The van der Waals surface area contributed by atoms with Crippen molar-refractivity contribution >= 4 is 9.84 Å². The number of methoxy groups -OCH3 is 2. The van der Waals surface area contributed by atoms with Gasteiger partial charge in [0.05, 0.1) is 30.9 Å². The Balaban J connectivity index is 1.83. The van der Waals surface area contributed by atoms with Crippen LogP contribution in [0.4, 0.5) is 0 Å². The van der Waals surface area contributed by atoms with Crippen LogP contribution in [0.5, 0.6) is 11.5 Å². The Labute approximate surface area is 215 Å². The molecule has 4 rings (SSSR count). The topological polar surface area (TPSA) is 142 Å². The first-order chi connectivity index (χ1) is 17.7. The number of benzene rings is 1. The fraction of sp³-hybridized carbons (Fsp3) is 0.320. The van der Waals surface area contributed by atoms with Crippen molar-refractivity contribution in [3.8, 4) is 28.6 Å². The van der Waals surface area contributed by atoms with E-state index in [4.69, 9.17) is 9.47 Å². The Hall–Kier alpha value is -3.90. The SMILES string of the molecule is COc1cccc(OC)c1-n1c(CS(=O)(=O)[C@H](C)[C@H](O)c2ccc(C)nn2)nnc1-c1cncc(C)c1. The van der Waals surface area contributed by atoms with Gasteiger partial charge in [-0.15, -0.1) is 10.2 Å². The molecule has 12 heteroatoms. The summed E-state index contributed by atoms with van der Waals surface area (Å²) in [5.41, 5.74) is 2.79. The van der Waals surface area contributed by atoms with E-state index in [1.54, 1.807) is 54.2 Å². The predicted octanol–water partition coefficient (Wildman–Crippen LogP) is 2.79. The van der Waals surface area contributed by atoms with Gasteiger partial charge in [0.1, 0.15) is 29.0 Å². The van der Waals surface area contributed by atoms with Crippen LogP contribution in [0.25, 0.3) is 17.1 Å². The molecule has 0 saturated heterocycles. The van der Waals surface area contributed by atoms with Crippen molar-refractivity contribution in [3.63, 3.8) is 0 Å². The van der Waals surface area contributed by atoms with E-state index in [0.29, 0.717) is 34.3 Å². The number of nitrogens with zero attached hydrogens (tertiary/aromatic N) is 6. The third-order valence-corrected chi connectivity index (χ3v) is 8.00. The third kappa shape index (κ3) is 5.30. The molecule has 0 fully saturated rings. The summed E-state index contributed by atoms with van der Waals surface area (Å²) in [5, 5.41) is 26.0. The number of hydrogen-bond donors (Lipinski definition) is 1. The van der Waals surface area contributed by atoms with E-state index in [-0.39, 0.29) is 11.5 Å². The molecule has 0 spiro atoms. The van der Waals surface area contributed by atoms with Crippen LogP contribution in [0.15, 0.2) is 48.8 Å².